The number of esters is 1. The van der Waals surface area contributed by atoms with Crippen LogP contribution in [0.3, 0.4) is 0 Å². The molecular weight excluding hydrogens is 312 g/mol. The van der Waals surface area contributed by atoms with Gasteiger partial charge in [0.1, 0.15) is 6.10 Å². The smallest absolute Gasteiger partial charge is 0.308 e. The van der Waals surface area contributed by atoms with Crippen molar-refractivity contribution in [2.45, 2.75) is 71.3 Å². The van der Waals surface area contributed by atoms with Crippen molar-refractivity contribution in [1.82, 2.24) is 0 Å². The molecule has 0 amide bonds. The van der Waals surface area contributed by atoms with Crippen LogP contribution >= 0.6 is 0 Å². The number of aliphatic hydroxyl groups excluding tert-OH is 1. The molecule has 3 nitrogen and oxygen atoms in total. The van der Waals surface area contributed by atoms with Crippen LogP contribution in [0.25, 0.3) is 0 Å². The molecule has 138 valence electrons. The monoisotopic (exact) mass is 344 g/mol. The summed E-state index contributed by atoms with van der Waals surface area (Å²) in [4.78, 5) is 11.9. The van der Waals surface area contributed by atoms with E-state index in [9.17, 15) is 4.79 Å². The van der Waals surface area contributed by atoms with E-state index < -0.39 is 0 Å². The first-order valence-electron chi connectivity index (χ1n) is 10.2. The molecular formula is C22H32O3. The maximum absolute atomic E-state index is 11.9. The molecule has 3 heteroatoms. The average Bonchev–Trinajstić information content (AvgIpc) is 2.91. The Balaban J connectivity index is 1.55. The highest BCUT2D eigenvalue weighted by molar-refractivity contribution is 5.69. The highest BCUT2D eigenvalue weighted by Crippen LogP contribution is 2.64. The highest BCUT2D eigenvalue weighted by Gasteiger charge is 2.59. The number of aliphatic hydroxyl groups is 1. The van der Waals surface area contributed by atoms with Gasteiger partial charge in [0.2, 0.25) is 0 Å². The van der Waals surface area contributed by atoms with E-state index in [-0.39, 0.29) is 35.9 Å². The number of hydrogen-bond acceptors (Lipinski definition) is 3. The lowest BCUT2D eigenvalue weighted by Crippen LogP contribution is -2.50. The van der Waals surface area contributed by atoms with Gasteiger partial charge in [0.25, 0.3) is 0 Å². The van der Waals surface area contributed by atoms with E-state index in [1.54, 1.807) is 5.57 Å². The lowest BCUT2D eigenvalue weighted by Gasteiger charge is -2.56. The van der Waals surface area contributed by atoms with E-state index >= 15 is 0 Å². The second-order valence-corrected chi connectivity index (χ2v) is 9.14. The van der Waals surface area contributed by atoms with Crippen LogP contribution in [0.2, 0.25) is 0 Å². The zero-order chi connectivity index (χ0) is 17.7. The van der Waals surface area contributed by atoms with Gasteiger partial charge < -0.3 is 9.84 Å². The van der Waals surface area contributed by atoms with Crippen LogP contribution in [0, 0.1) is 28.6 Å². The van der Waals surface area contributed by atoms with Crippen LogP contribution in [0.15, 0.2) is 23.8 Å². The first-order valence-corrected chi connectivity index (χ1v) is 10.2. The molecule has 6 atom stereocenters. The average molecular weight is 344 g/mol. The first-order chi connectivity index (χ1) is 12.0. The minimum Gasteiger partial charge on any atom is -0.462 e. The molecule has 25 heavy (non-hydrogen) atoms. The standard InChI is InChI=1S/C22H32O3/c1-21-12-4-3-5-15(21)6-7-16-17-8-9-19(25-20(24)11-14-23)22(17,2)13-10-18(16)21/h4-5,12,16-19,23H,3,6-11,13-14H2,1-2H3/t16-,17-,18-,19+,21-,22-/m0/s1. The van der Waals surface area contributed by atoms with Gasteiger partial charge in [0, 0.05) is 10.8 Å². The van der Waals surface area contributed by atoms with Crippen molar-refractivity contribution in [2.75, 3.05) is 6.61 Å². The Morgan fingerprint density at radius 2 is 2.08 bits per heavy atom. The highest BCUT2D eigenvalue weighted by atomic mass is 16.5. The number of ether oxygens (including phenoxy) is 1. The Bertz CT molecular complexity index is 606. The largest absolute Gasteiger partial charge is 0.462 e. The number of fused-ring (bicyclic) bond motifs is 5. The zero-order valence-corrected chi connectivity index (χ0v) is 15.7. The topological polar surface area (TPSA) is 46.5 Å². The second kappa shape index (κ2) is 6.26. The fraction of sp³-hybridized carbons (Fsp3) is 0.773. The van der Waals surface area contributed by atoms with Crippen LogP contribution in [0.4, 0.5) is 0 Å². The summed E-state index contributed by atoms with van der Waals surface area (Å²) in [6.45, 7) is 4.71. The molecule has 0 bridgehead atoms. The summed E-state index contributed by atoms with van der Waals surface area (Å²) < 4.78 is 5.81. The molecule has 0 saturated heterocycles. The van der Waals surface area contributed by atoms with Crippen molar-refractivity contribution in [3.05, 3.63) is 23.8 Å². The molecule has 0 aromatic carbocycles. The third kappa shape index (κ3) is 2.61. The van der Waals surface area contributed by atoms with E-state index in [1.807, 2.05) is 0 Å². The molecule has 3 fully saturated rings. The molecule has 4 aliphatic rings. The summed E-state index contributed by atoms with van der Waals surface area (Å²) in [7, 11) is 0. The van der Waals surface area contributed by atoms with Gasteiger partial charge in [0.15, 0.2) is 0 Å². The fourth-order valence-electron chi connectivity index (χ4n) is 6.79. The van der Waals surface area contributed by atoms with Gasteiger partial charge >= 0.3 is 5.97 Å². The lowest BCUT2D eigenvalue weighted by molar-refractivity contribution is -0.160. The maximum Gasteiger partial charge on any atom is 0.308 e. The Hall–Kier alpha value is -1.09. The normalized spacial score (nSPS) is 45.2. The SMILES string of the molecule is C[C@]12CC[C@H]3[C@@H](CCC4=CCC=C[C@@]43C)[C@@H]1CC[C@H]2OC(=O)CCO. The van der Waals surface area contributed by atoms with Crippen molar-refractivity contribution >= 4 is 5.97 Å². The number of allylic oxidation sites excluding steroid dienone is 4. The number of rotatable bonds is 3. The predicted octanol–water partition coefficient (Wildman–Crippen LogP) is 4.41. The summed E-state index contributed by atoms with van der Waals surface area (Å²) in [6.07, 6.45) is 15.7. The molecule has 0 spiro atoms. The molecule has 4 aliphatic carbocycles. The molecule has 0 aromatic heterocycles. The van der Waals surface area contributed by atoms with E-state index in [2.05, 4.69) is 32.1 Å². The van der Waals surface area contributed by atoms with Gasteiger partial charge in [-0.1, -0.05) is 37.6 Å². The van der Waals surface area contributed by atoms with Crippen LogP contribution in [0.5, 0.6) is 0 Å². The van der Waals surface area contributed by atoms with E-state index in [0.717, 1.165) is 31.1 Å². The molecule has 1 N–H and O–H groups in total. The first kappa shape index (κ1) is 17.3. The van der Waals surface area contributed by atoms with Gasteiger partial charge in [-0.25, -0.2) is 0 Å². The van der Waals surface area contributed by atoms with Crippen molar-refractivity contribution < 1.29 is 14.6 Å². The molecule has 0 aromatic rings. The van der Waals surface area contributed by atoms with Crippen LogP contribution in [-0.2, 0) is 9.53 Å². The van der Waals surface area contributed by atoms with E-state index in [1.165, 1.54) is 25.7 Å². The van der Waals surface area contributed by atoms with Gasteiger partial charge in [-0.3, -0.25) is 4.79 Å². The van der Waals surface area contributed by atoms with Crippen molar-refractivity contribution in [3.8, 4) is 0 Å². The summed E-state index contributed by atoms with van der Waals surface area (Å²) in [5.74, 6) is 1.94. The predicted molar refractivity (Wildman–Crippen MR) is 97.8 cm³/mol. The molecule has 0 aliphatic heterocycles. The Morgan fingerprint density at radius 1 is 1.24 bits per heavy atom. The summed E-state index contributed by atoms with van der Waals surface area (Å²) >= 11 is 0. The molecule has 0 heterocycles. The fourth-order valence-corrected chi connectivity index (χ4v) is 6.79. The second-order valence-electron chi connectivity index (χ2n) is 9.14. The summed E-state index contributed by atoms with van der Waals surface area (Å²) in [5.41, 5.74) is 2.06. The number of carbonyl (C=O) groups excluding carboxylic acids is 1. The van der Waals surface area contributed by atoms with Crippen molar-refractivity contribution in [1.29, 1.82) is 0 Å². The minimum atomic E-state index is -0.229. The lowest BCUT2D eigenvalue weighted by atomic mass is 9.48. The van der Waals surface area contributed by atoms with Crippen LogP contribution < -0.4 is 0 Å². The third-order valence-corrected chi connectivity index (χ3v) is 8.11. The van der Waals surface area contributed by atoms with Crippen LogP contribution in [0.1, 0.15) is 65.2 Å². The third-order valence-electron chi connectivity index (χ3n) is 8.11. The van der Waals surface area contributed by atoms with Crippen molar-refractivity contribution in [2.24, 2.45) is 28.6 Å². The van der Waals surface area contributed by atoms with Gasteiger partial charge in [-0.15, -0.1) is 0 Å². The van der Waals surface area contributed by atoms with E-state index in [4.69, 9.17) is 9.84 Å². The summed E-state index contributed by atoms with van der Waals surface area (Å²) in [6, 6.07) is 0. The number of carbonyl (C=O) groups is 1. The number of hydrogen-bond donors (Lipinski definition) is 1. The van der Waals surface area contributed by atoms with Gasteiger partial charge in [-0.2, -0.15) is 0 Å². The quantitative estimate of drug-likeness (QED) is 0.609. The molecule has 0 radical (unpaired) electrons. The molecule has 4 rings (SSSR count). The van der Waals surface area contributed by atoms with Crippen molar-refractivity contribution in [3.63, 3.8) is 0 Å². The molecule has 3 saturated carbocycles. The Morgan fingerprint density at radius 3 is 2.88 bits per heavy atom. The maximum atomic E-state index is 11.9. The minimum absolute atomic E-state index is 0.0455. The Labute approximate surface area is 151 Å². The molecule has 0 unspecified atom stereocenters. The Kier molecular flexibility index (Phi) is 4.34. The van der Waals surface area contributed by atoms with Gasteiger partial charge in [0.05, 0.1) is 13.0 Å². The summed E-state index contributed by atoms with van der Waals surface area (Å²) in [5, 5.41) is 8.99. The zero-order valence-electron chi connectivity index (χ0n) is 15.7. The van der Waals surface area contributed by atoms with E-state index in [0.29, 0.717) is 5.92 Å². The van der Waals surface area contributed by atoms with Crippen LogP contribution in [-0.4, -0.2) is 23.8 Å². The van der Waals surface area contributed by atoms with Gasteiger partial charge in [-0.05, 0) is 62.7 Å².